The standard InChI is InChI=1S/C11H15O6/c1-6(13)16-10-4-8(5-12)3-9(15)11(10)17-7(2)14/h8-11,15H,3-4H2,1-2H3. The number of aliphatic hydroxyl groups is 1. The summed E-state index contributed by atoms with van der Waals surface area (Å²) in [5.41, 5.74) is 0. The largest absolute Gasteiger partial charge is 0.458 e. The summed E-state index contributed by atoms with van der Waals surface area (Å²) in [6.45, 7) is 2.42. The van der Waals surface area contributed by atoms with E-state index in [1.165, 1.54) is 13.8 Å². The molecule has 95 valence electrons. The van der Waals surface area contributed by atoms with Gasteiger partial charge in [-0.1, -0.05) is 0 Å². The predicted molar refractivity (Wildman–Crippen MR) is 55.5 cm³/mol. The van der Waals surface area contributed by atoms with Gasteiger partial charge in [0, 0.05) is 19.8 Å². The quantitative estimate of drug-likeness (QED) is 0.686. The second-order valence-corrected chi connectivity index (χ2v) is 4.08. The van der Waals surface area contributed by atoms with E-state index < -0.39 is 36.2 Å². The highest BCUT2D eigenvalue weighted by Crippen LogP contribution is 2.28. The summed E-state index contributed by atoms with van der Waals surface area (Å²) in [5, 5.41) is 9.76. The molecule has 6 nitrogen and oxygen atoms in total. The lowest BCUT2D eigenvalue weighted by Crippen LogP contribution is -2.49. The SMILES string of the molecule is CC(=O)OC1CC([C]=O)CC(O)C1OC(C)=O. The highest BCUT2D eigenvalue weighted by molar-refractivity contribution is 5.67. The lowest BCUT2D eigenvalue weighted by atomic mass is 9.84. The van der Waals surface area contributed by atoms with Crippen molar-refractivity contribution in [2.45, 2.75) is 45.0 Å². The van der Waals surface area contributed by atoms with E-state index in [9.17, 15) is 19.5 Å². The summed E-state index contributed by atoms with van der Waals surface area (Å²) in [7, 11) is 0. The molecule has 0 aromatic rings. The maximum Gasteiger partial charge on any atom is 0.303 e. The average Bonchev–Trinajstić information content (AvgIpc) is 2.21. The van der Waals surface area contributed by atoms with Crippen LogP contribution in [0.2, 0.25) is 0 Å². The molecule has 1 aliphatic carbocycles. The summed E-state index contributed by atoms with van der Waals surface area (Å²) in [4.78, 5) is 32.4. The van der Waals surface area contributed by atoms with E-state index in [0.29, 0.717) is 0 Å². The number of carbonyl (C=O) groups excluding carboxylic acids is 3. The van der Waals surface area contributed by atoms with Gasteiger partial charge in [-0.3, -0.25) is 14.4 Å². The van der Waals surface area contributed by atoms with Crippen LogP contribution in [0, 0.1) is 5.92 Å². The number of hydrogen-bond acceptors (Lipinski definition) is 6. The molecular formula is C11H15O6. The molecule has 1 radical (unpaired) electrons. The van der Waals surface area contributed by atoms with E-state index >= 15 is 0 Å². The Kier molecular flexibility index (Phi) is 4.62. The monoisotopic (exact) mass is 243 g/mol. The summed E-state index contributed by atoms with van der Waals surface area (Å²) < 4.78 is 9.87. The maximum atomic E-state index is 10.9. The van der Waals surface area contributed by atoms with E-state index in [1.807, 2.05) is 0 Å². The van der Waals surface area contributed by atoms with Crippen molar-refractivity contribution >= 4 is 18.2 Å². The Morgan fingerprint density at radius 3 is 2.24 bits per heavy atom. The fourth-order valence-electron chi connectivity index (χ4n) is 1.95. The Bertz CT molecular complexity index is 313. The minimum atomic E-state index is -1.02. The summed E-state index contributed by atoms with van der Waals surface area (Å²) >= 11 is 0. The Balaban J connectivity index is 2.77. The van der Waals surface area contributed by atoms with Gasteiger partial charge in [-0.2, -0.15) is 0 Å². The van der Waals surface area contributed by atoms with Crippen molar-refractivity contribution in [3.8, 4) is 0 Å². The smallest absolute Gasteiger partial charge is 0.303 e. The third kappa shape index (κ3) is 3.81. The fraction of sp³-hybridized carbons (Fsp3) is 0.727. The molecular weight excluding hydrogens is 228 g/mol. The van der Waals surface area contributed by atoms with E-state index in [2.05, 4.69) is 0 Å². The van der Waals surface area contributed by atoms with Crippen molar-refractivity contribution in [3.63, 3.8) is 0 Å². The molecule has 0 heterocycles. The molecule has 1 aliphatic rings. The van der Waals surface area contributed by atoms with Gasteiger partial charge in [0.05, 0.1) is 6.10 Å². The van der Waals surface area contributed by atoms with E-state index in [-0.39, 0.29) is 12.8 Å². The average molecular weight is 243 g/mol. The van der Waals surface area contributed by atoms with Gasteiger partial charge in [0.15, 0.2) is 6.10 Å². The van der Waals surface area contributed by atoms with Crippen molar-refractivity contribution in [2.24, 2.45) is 5.92 Å². The Morgan fingerprint density at radius 2 is 1.76 bits per heavy atom. The molecule has 0 aliphatic heterocycles. The normalized spacial score (nSPS) is 32.6. The highest BCUT2D eigenvalue weighted by atomic mass is 16.6. The van der Waals surface area contributed by atoms with Crippen LogP contribution < -0.4 is 0 Å². The van der Waals surface area contributed by atoms with Crippen molar-refractivity contribution in [3.05, 3.63) is 0 Å². The third-order valence-electron chi connectivity index (χ3n) is 2.57. The first-order chi connectivity index (χ1) is 7.93. The van der Waals surface area contributed by atoms with Gasteiger partial charge in [0.2, 0.25) is 6.29 Å². The minimum absolute atomic E-state index is 0.152. The lowest BCUT2D eigenvalue weighted by molar-refractivity contribution is -0.182. The van der Waals surface area contributed by atoms with Gasteiger partial charge in [-0.25, -0.2) is 0 Å². The molecule has 1 N–H and O–H groups in total. The molecule has 17 heavy (non-hydrogen) atoms. The first-order valence-corrected chi connectivity index (χ1v) is 5.34. The zero-order valence-electron chi connectivity index (χ0n) is 9.71. The number of esters is 2. The Morgan fingerprint density at radius 1 is 1.18 bits per heavy atom. The number of hydrogen-bond donors (Lipinski definition) is 1. The fourth-order valence-corrected chi connectivity index (χ4v) is 1.95. The molecule has 0 aromatic carbocycles. The van der Waals surface area contributed by atoms with Crippen molar-refractivity contribution < 1.29 is 29.0 Å². The zero-order chi connectivity index (χ0) is 13.0. The molecule has 6 heteroatoms. The second-order valence-electron chi connectivity index (χ2n) is 4.08. The first-order valence-electron chi connectivity index (χ1n) is 5.34. The molecule has 0 spiro atoms. The first kappa shape index (κ1) is 13.6. The number of carbonyl (C=O) groups is 2. The van der Waals surface area contributed by atoms with Crippen LogP contribution in [0.1, 0.15) is 26.7 Å². The maximum absolute atomic E-state index is 10.9. The molecule has 4 unspecified atom stereocenters. The van der Waals surface area contributed by atoms with Gasteiger partial charge in [-0.15, -0.1) is 0 Å². The van der Waals surface area contributed by atoms with Crippen LogP contribution in [0.5, 0.6) is 0 Å². The number of aliphatic hydroxyl groups excluding tert-OH is 1. The molecule has 1 saturated carbocycles. The third-order valence-corrected chi connectivity index (χ3v) is 2.57. The molecule has 0 amide bonds. The Hall–Kier alpha value is -1.43. The predicted octanol–water partition coefficient (Wildman–Crippen LogP) is -0.270. The summed E-state index contributed by atoms with van der Waals surface area (Å²) in [6, 6.07) is 0. The van der Waals surface area contributed by atoms with E-state index in [4.69, 9.17) is 9.47 Å². The van der Waals surface area contributed by atoms with Crippen LogP contribution in [0.25, 0.3) is 0 Å². The summed E-state index contributed by atoms with van der Waals surface area (Å²) in [6.07, 6.45) is -0.612. The molecule has 0 aromatic heterocycles. The van der Waals surface area contributed by atoms with Crippen LogP contribution in [0.4, 0.5) is 0 Å². The molecule has 0 bridgehead atoms. The van der Waals surface area contributed by atoms with E-state index in [0.717, 1.165) is 0 Å². The van der Waals surface area contributed by atoms with Crippen molar-refractivity contribution in [2.75, 3.05) is 0 Å². The van der Waals surface area contributed by atoms with Crippen LogP contribution in [-0.4, -0.2) is 41.6 Å². The zero-order valence-corrected chi connectivity index (χ0v) is 9.71. The Labute approximate surface area is 98.9 Å². The lowest BCUT2D eigenvalue weighted by Gasteiger charge is -2.36. The van der Waals surface area contributed by atoms with Crippen LogP contribution in [0.15, 0.2) is 0 Å². The number of rotatable bonds is 3. The van der Waals surface area contributed by atoms with Gasteiger partial charge in [0.1, 0.15) is 6.10 Å². The van der Waals surface area contributed by atoms with Crippen molar-refractivity contribution in [1.29, 1.82) is 0 Å². The minimum Gasteiger partial charge on any atom is -0.458 e. The molecule has 1 fully saturated rings. The van der Waals surface area contributed by atoms with Gasteiger partial charge in [-0.05, 0) is 12.8 Å². The number of ether oxygens (including phenoxy) is 2. The van der Waals surface area contributed by atoms with Crippen molar-refractivity contribution in [1.82, 2.24) is 0 Å². The molecule has 1 rings (SSSR count). The molecule has 4 atom stereocenters. The van der Waals surface area contributed by atoms with Crippen LogP contribution >= 0.6 is 0 Å². The van der Waals surface area contributed by atoms with Gasteiger partial charge >= 0.3 is 11.9 Å². The summed E-state index contributed by atoms with van der Waals surface area (Å²) in [5.74, 6) is -1.63. The van der Waals surface area contributed by atoms with Gasteiger partial charge < -0.3 is 14.6 Å². The topological polar surface area (TPSA) is 89.9 Å². The van der Waals surface area contributed by atoms with Gasteiger partial charge in [0.25, 0.3) is 0 Å². The second kappa shape index (κ2) is 5.77. The highest BCUT2D eigenvalue weighted by Gasteiger charge is 2.41. The van der Waals surface area contributed by atoms with Crippen LogP contribution in [0.3, 0.4) is 0 Å². The van der Waals surface area contributed by atoms with E-state index in [1.54, 1.807) is 6.29 Å². The molecule has 0 saturated heterocycles. The van der Waals surface area contributed by atoms with Crippen LogP contribution in [-0.2, 0) is 23.9 Å².